The van der Waals surface area contributed by atoms with Gasteiger partial charge >= 0.3 is 0 Å². The van der Waals surface area contributed by atoms with Crippen molar-refractivity contribution >= 4 is 17.1 Å². The summed E-state index contributed by atoms with van der Waals surface area (Å²) < 4.78 is 2.06. The SMILES string of the molecule is Cn1cccc2c(C=O)c3ccccc3c1-2. The minimum Gasteiger partial charge on any atom is -0.350 e. The van der Waals surface area contributed by atoms with Gasteiger partial charge in [-0.3, -0.25) is 4.79 Å². The summed E-state index contributed by atoms with van der Waals surface area (Å²) in [7, 11) is 2.00. The van der Waals surface area contributed by atoms with Crippen molar-refractivity contribution in [3.05, 3.63) is 48.2 Å². The number of benzene rings is 1. The number of hydrogen-bond acceptors (Lipinski definition) is 1. The molecule has 1 aromatic rings. The van der Waals surface area contributed by atoms with E-state index in [0.29, 0.717) is 0 Å². The van der Waals surface area contributed by atoms with Gasteiger partial charge in [0.1, 0.15) is 0 Å². The molecular formula is C14H11NO. The fourth-order valence-electron chi connectivity index (χ4n) is 2.36. The van der Waals surface area contributed by atoms with Crippen LogP contribution in [0.3, 0.4) is 0 Å². The lowest BCUT2D eigenvalue weighted by Gasteiger charge is -2.07. The summed E-state index contributed by atoms with van der Waals surface area (Å²) in [6, 6.07) is 12.0. The molecule has 0 fully saturated rings. The van der Waals surface area contributed by atoms with Gasteiger partial charge in [-0.25, -0.2) is 0 Å². The van der Waals surface area contributed by atoms with Crippen LogP contribution >= 0.6 is 0 Å². The van der Waals surface area contributed by atoms with Crippen molar-refractivity contribution in [2.45, 2.75) is 0 Å². The van der Waals surface area contributed by atoms with E-state index in [1.807, 2.05) is 43.6 Å². The molecule has 0 amide bonds. The maximum atomic E-state index is 11.2. The molecule has 78 valence electrons. The number of carbonyl (C=O) groups is 1. The Morgan fingerprint density at radius 1 is 1.06 bits per heavy atom. The number of hydrogen-bond donors (Lipinski definition) is 0. The smallest absolute Gasteiger partial charge is 0.151 e. The highest BCUT2D eigenvalue weighted by Crippen LogP contribution is 2.37. The zero-order valence-corrected chi connectivity index (χ0v) is 8.97. The van der Waals surface area contributed by atoms with Crippen LogP contribution in [0.4, 0.5) is 0 Å². The van der Waals surface area contributed by atoms with Crippen molar-refractivity contribution in [3.63, 3.8) is 0 Å². The Labute approximate surface area is 93.5 Å². The maximum absolute atomic E-state index is 11.2. The van der Waals surface area contributed by atoms with Gasteiger partial charge in [0.05, 0.1) is 5.69 Å². The van der Waals surface area contributed by atoms with E-state index in [0.717, 1.165) is 33.9 Å². The van der Waals surface area contributed by atoms with Crippen molar-refractivity contribution in [2.75, 3.05) is 0 Å². The standard InChI is InChI=1S/C14H11NO/c1-15-8-4-7-12-13(9-16)10-5-2-3-6-11(10)14(12)15/h2-9H,1H3. The first kappa shape index (κ1) is 9.16. The van der Waals surface area contributed by atoms with Crippen LogP contribution in [0.15, 0.2) is 42.6 Å². The number of fused-ring (bicyclic) bond motifs is 3. The molecule has 0 saturated carbocycles. The van der Waals surface area contributed by atoms with Crippen molar-refractivity contribution in [1.29, 1.82) is 0 Å². The number of nitrogens with zero attached hydrogens (tertiary/aromatic N) is 1. The molecule has 0 unspecified atom stereocenters. The highest BCUT2D eigenvalue weighted by atomic mass is 16.1. The molecule has 0 bridgehead atoms. The van der Waals surface area contributed by atoms with Crippen LogP contribution in [-0.4, -0.2) is 10.9 Å². The molecule has 2 aliphatic rings. The molecule has 2 nitrogen and oxygen atoms in total. The summed E-state index contributed by atoms with van der Waals surface area (Å²) in [5, 5.41) is 2.18. The van der Waals surface area contributed by atoms with Gasteiger partial charge < -0.3 is 4.57 Å². The van der Waals surface area contributed by atoms with Gasteiger partial charge in [-0.1, -0.05) is 30.3 Å². The molecular weight excluding hydrogens is 198 g/mol. The molecule has 3 rings (SSSR count). The minimum absolute atomic E-state index is 0.793. The fourth-order valence-corrected chi connectivity index (χ4v) is 2.36. The van der Waals surface area contributed by atoms with Gasteiger partial charge in [0.25, 0.3) is 0 Å². The molecule has 1 heterocycles. The van der Waals surface area contributed by atoms with Crippen molar-refractivity contribution < 1.29 is 4.79 Å². The number of pyridine rings is 1. The van der Waals surface area contributed by atoms with E-state index in [4.69, 9.17) is 0 Å². The van der Waals surface area contributed by atoms with Gasteiger partial charge in [-0.2, -0.15) is 0 Å². The quantitative estimate of drug-likeness (QED) is 0.564. The minimum atomic E-state index is 0.793. The molecule has 0 aromatic heterocycles. The molecule has 0 N–H and O–H groups in total. The Hall–Kier alpha value is -2.09. The second-order valence-corrected chi connectivity index (χ2v) is 3.96. The van der Waals surface area contributed by atoms with Gasteiger partial charge in [0.15, 0.2) is 6.29 Å². The summed E-state index contributed by atoms with van der Waals surface area (Å²) in [6.45, 7) is 0. The molecule has 1 aromatic carbocycles. The van der Waals surface area contributed by atoms with E-state index >= 15 is 0 Å². The van der Waals surface area contributed by atoms with Crippen LogP contribution < -0.4 is 0 Å². The van der Waals surface area contributed by atoms with Crippen LogP contribution in [0.1, 0.15) is 10.4 Å². The Balaban J connectivity index is 2.62. The first-order valence-electron chi connectivity index (χ1n) is 5.24. The topological polar surface area (TPSA) is 22.0 Å². The van der Waals surface area contributed by atoms with E-state index < -0.39 is 0 Å². The normalized spacial score (nSPS) is 11.1. The maximum Gasteiger partial charge on any atom is 0.151 e. The van der Waals surface area contributed by atoms with E-state index in [2.05, 4.69) is 10.6 Å². The molecule has 0 radical (unpaired) electrons. The highest BCUT2D eigenvalue weighted by molar-refractivity contribution is 6.13. The summed E-state index contributed by atoms with van der Waals surface area (Å²) in [5.74, 6) is 0. The number of aromatic nitrogens is 1. The first-order valence-corrected chi connectivity index (χ1v) is 5.24. The highest BCUT2D eigenvalue weighted by Gasteiger charge is 2.17. The summed E-state index contributed by atoms with van der Waals surface area (Å²) in [4.78, 5) is 11.2. The molecule has 1 aliphatic carbocycles. The average molecular weight is 209 g/mol. The first-order chi connectivity index (χ1) is 7.83. The molecule has 0 spiro atoms. The van der Waals surface area contributed by atoms with Crippen molar-refractivity contribution in [3.8, 4) is 11.3 Å². The van der Waals surface area contributed by atoms with Crippen LogP contribution in [0.2, 0.25) is 0 Å². The molecule has 0 saturated heterocycles. The predicted octanol–water partition coefficient (Wildman–Crippen LogP) is 3.10. The van der Waals surface area contributed by atoms with Crippen LogP contribution in [-0.2, 0) is 7.05 Å². The summed E-state index contributed by atoms with van der Waals surface area (Å²) in [6.07, 6.45) is 2.95. The monoisotopic (exact) mass is 209 g/mol. The van der Waals surface area contributed by atoms with Crippen LogP contribution in [0, 0.1) is 0 Å². The van der Waals surface area contributed by atoms with E-state index in [9.17, 15) is 4.79 Å². The average Bonchev–Trinajstić information content (AvgIpc) is 2.64. The lowest BCUT2D eigenvalue weighted by molar-refractivity contribution is 0.112. The zero-order valence-electron chi connectivity index (χ0n) is 8.97. The van der Waals surface area contributed by atoms with E-state index in [-0.39, 0.29) is 0 Å². The van der Waals surface area contributed by atoms with E-state index in [1.165, 1.54) is 0 Å². The zero-order chi connectivity index (χ0) is 11.1. The largest absolute Gasteiger partial charge is 0.350 e. The Bertz CT molecular complexity index is 651. The summed E-state index contributed by atoms with van der Waals surface area (Å²) >= 11 is 0. The third kappa shape index (κ3) is 1.04. The number of aryl methyl sites for hydroxylation is 1. The fraction of sp³-hybridized carbons (Fsp3) is 0.0714. The molecule has 2 heteroatoms. The van der Waals surface area contributed by atoms with E-state index in [1.54, 1.807) is 0 Å². The Kier molecular flexibility index (Phi) is 1.83. The van der Waals surface area contributed by atoms with Crippen LogP contribution in [0.5, 0.6) is 0 Å². The second kappa shape index (κ2) is 3.20. The van der Waals surface area contributed by atoms with Crippen molar-refractivity contribution in [1.82, 2.24) is 4.57 Å². The second-order valence-electron chi connectivity index (χ2n) is 3.96. The Morgan fingerprint density at radius 3 is 2.56 bits per heavy atom. The number of rotatable bonds is 1. The van der Waals surface area contributed by atoms with Crippen LogP contribution in [0.25, 0.3) is 22.0 Å². The molecule has 16 heavy (non-hydrogen) atoms. The molecule has 0 atom stereocenters. The third-order valence-corrected chi connectivity index (χ3v) is 3.06. The predicted molar refractivity (Wildman–Crippen MR) is 64.9 cm³/mol. The lowest BCUT2D eigenvalue weighted by Crippen LogP contribution is -1.94. The lowest BCUT2D eigenvalue weighted by atomic mass is 10.1. The molecule has 1 aliphatic heterocycles. The van der Waals surface area contributed by atoms with Crippen molar-refractivity contribution in [2.24, 2.45) is 7.05 Å². The van der Waals surface area contributed by atoms with Gasteiger partial charge in [-0.15, -0.1) is 0 Å². The third-order valence-electron chi connectivity index (χ3n) is 3.06. The van der Waals surface area contributed by atoms with Gasteiger partial charge in [0, 0.05) is 29.8 Å². The van der Waals surface area contributed by atoms with Gasteiger partial charge in [0.2, 0.25) is 0 Å². The number of carbonyl (C=O) groups excluding carboxylic acids is 1. The van der Waals surface area contributed by atoms with Gasteiger partial charge in [-0.05, 0) is 11.5 Å². The Morgan fingerprint density at radius 2 is 1.81 bits per heavy atom. The summed E-state index contributed by atoms with van der Waals surface area (Å²) in [5.41, 5.74) is 2.95. The number of aldehydes is 1.